The maximum atomic E-state index is 7.69. The molecule has 0 unspecified atom stereocenters. The van der Waals surface area contributed by atoms with Crippen LogP contribution in [0.4, 0.5) is 0 Å². The predicted octanol–water partition coefficient (Wildman–Crippen LogP) is -1.40. The smallest absolute Gasteiger partial charge is 0.402 e. The molecule has 0 aromatic carbocycles. The van der Waals surface area contributed by atoms with Gasteiger partial charge in [-0.2, -0.15) is 0 Å². The van der Waals surface area contributed by atoms with Crippen molar-refractivity contribution in [1.29, 1.82) is 0 Å². The second-order valence-corrected chi connectivity index (χ2v) is 0.562. The maximum Gasteiger partial charge on any atom is 0.633 e. The summed E-state index contributed by atoms with van der Waals surface area (Å²) < 4.78 is 3.86. The molecule has 0 aromatic heterocycles. The van der Waals surface area contributed by atoms with Gasteiger partial charge >= 0.3 is 7.32 Å². The molecular formula is CH5BCoO3. The van der Waals surface area contributed by atoms with Gasteiger partial charge < -0.3 is 14.7 Å². The summed E-state index contributed by atoms with van der Waals surface area (Å²) in [6.07, 6.45) is 0. The third-order valence-corrected chi connectivity index (χ3v) is 0.211. The zero-order valence-corrected chi connectivity index (χ0v) is 4.25. The molecule has 0 amide bonds. The fourth-order valence-electron chi connectivity index (χ4n) is 0. The Morgan fingerprint density at radius 1 is 1.50 bits per heavy atom. The van der Waals surface area contributed by atoms with Gasteiger partial charge in [0, 0.05) is 23.9 Å². The van der Waals surface area contributed by atoms with Gasteiger partial charge in [-0.15, -0.1) is 0 Å². The Kier molecular flexibility index (Phi) is 8.79. The number of hydrogen-bond donors (Lipinski definition) is 2. The Bertz CT molecular complexity index is 24.8. The molecule has 5 heteroatoms. The van der Waals surface area contributed by atoms with Gasteiger partial charge in [-0.05, 0) is 0 Å². The van der Waals surface area contributed by atoms with Gasteiger partial charge in [0.2, 0.25) is 0 Å². The Labute approximate surface area is 46.7 Å². The van der Waals surface area contributed by atoms with E-state index in [-0.39, 0.29) is 16.8 Å². The quantitative estimate of drug-likeness (QED) is 0.434. The molecule has 0 fully saturated rings. The van der Waals surface area contributed by atoms with Gasteiger partial charge in [-0.25, -0.2) is 0 Å². The molecule has 0 heterocycles. The van der Waals surface area contributed by atoms with Gasteiger partial charge in [0.15, 0.2) is 0 Å². The molecule has 0 saturated carbocycles. The van der Waals surface area contributed by atoms with Crippen LogP contribution in [0.1, 0.15) is 0 Å². The summed E-state index contributed by atoms with van der Waals surface area (Å²) in [5.74, 6) is 0. The van der Waals surface area contributed by atoms with E-state index in [1.165, 1.54) is 7.11 Å². The first-order valence-corrected chi connectivity index (χ1v) is 1.16. The van der Waals surface area contributed by atoms with Crippen LogP contribution in [0.2, 0.25) is 0 Å². The Morgan fingerprint density at radius 2 is 1.67 bits per heavy atom. The first kappa shape index (κ1) is 9.68. The standard InChI is InChI=1S/CH5BO3.Co/c1-5-2(3)4;/h3-4H,1H3;. The third kappa shape index (κ3) is 8.82. The molecule has 0 bridgehead atoms. The molecule has 3 nitrogen and oxygen atoms in total. The van der Waals surface area contributed by atoms with Crippen molar-refractivity contribution in [2.75, 3.05) is 7.11 Å². The van der Waals surface area contributed by atoms with Crippen LogP contribution >= 0.6 is 0 Å². The van der Waals surface area contributed by atoms with E-state index >= 15 is 0 Å². The van der Waals surface area contributed by atoms with Crippen LogP contribution in [0.15, 0.2) is 0 Å². The van der Waals surface area contributed by atoms with Crippen LogP contribution in [0.3, 0.4) is 0 Å². The third-order valence-electron chi connectivity index (χ3n) is 0.211. The minimum atomic E-state index is -1.62. The van der Waals surface area contributed by atoms with Gasteiger partial charge in [0.1, 0.15) is 0 Å². The fraction of sp³-hybridized carbons (Fsp3) is 1.00. The Balaban J connectivity index is 0. The SMILES string of the molecule is COB(O)O.[Co]. The molecule has 0 aromatic rings. The van der Waals surface area contributed by atoms with E-state index in [2.05, 4.69) is 4.65 Å². The van der Waals surface area contributed by atoms with Crippen LogP contribution in [-0.4, -0.2) is 24.5 Å². The van der Waals surface area contributed by atoms with E-state index in [1.807, 2.05) is 0 Å². The van der Waals surface area contributed by atoms with E-state index in [4.69, 9.17) is 10.0 Å². The van der Waals surface area contributed by atoms with Crippen LogP contribution in [0.5, 0.6) is 0 Å². The zero-order valence-electron chi connectivity index (χ0n) is 3.21. The molecule has 1 radical (unpaired) electrons. The van der Waals surface area contributed by atoms with E-state index in [1.54, 1.807) is 0 Å². The van der Waals surface area contributed by atoms with Gasteiger partial charge in [-0.3, -0.25) is 0 Å². The zero-order chi connectivity index (χ0) is 4.28. The largest absolute Gasteiger partial charge is 0.633 e. The van der Waals surface area contributed by atoms with E-state index in [0.717, 1.165) is 0 Å². The van der Waals surface area contributed by atoms with E-state index in [0.29, 0.717) is 0 Å². The Hall–Kier alpha value is 0.451. The summed E-state index contributed by atoms with van der Waals surface area (Å²) in [7, 11) is -0.417. The van der Waals surface area contributed by atoms with Crippen molar-refractivity contribution in [3.63, 3.8) is 0 Å². The van der Waals surface area contributed by atoms with Crippen LogP contribution in [0, 0.1) is 0 Å². The van der Waals surface area contributed by atoms with Crippen molar-refractivity contribution in [3.8, 4) is 0 Å². The van der Waals surface area contributed by atoms with Crippen LogP contribution in [-0.2, 0) is 21.4 Å². The van der Waals surface area contributed by atoms with Crippen LogP contribution < -0.4 is 0 Å². The molecule has 0 aliphatic rings. The molecule has 6 heavy (non-hydrogen) atoms. The topological polar surface area (TPSA) is 49.7 Å². The molecule has 0 saturated heterocycles. The normalized spacial score (nSPS) is 6.50. The summed E-state index contributed by atoms with van der Waals surface area (Å²) >= 11 is 0. The second kappa shape index (κ2) is 5.45. The average Bonchev–Trinajstić information content (AvgIpc) is 1.38. The van der Waals surface area contributed by atoms with Crippen molar-refractivity contribution < 1.29 is 31.5 Å². The summed E-state index contributed by atoms with van der Waals surface area (Å²) in [5.41, 5.74) is 0. The van der Waals surface area contributed by atoms with Crippen molar-refractivity contribution in [2.45, 2.75) is 0 Å². The molecular weight excluding hydrogens is 130 g/mol. The molecule has 0 rings (SSSR count). The van der Waals surface area contributed by atoms with Gasteiger partial charge in [0.05, 0.1) is 0 Å². The molecule has 0 atom stereocenters. The second-order valence-electron chi connectivity index (χ2n) is 0.562. The van der Waals surface area contributed by atoms with Crippen molar-refractivity contribution >= 4 is 7.32 Å². The van der Waals surface area contributed by atoms with Gasteiger partial charge in [0.25, 0.3) is 0 Å². The first-order valence-electron chi connectivity index (χ1n) is 1.16. The molecule has 39 valence electrons. The average molecular weight is 135 g/mol. The minimum absolute atomic E-state index is 0. The number of rotatable bonds is 1. The first-order chi connectivity index (χ1) is 2.27. The Morgan fingerprint density at radius 3 is 1.67 bits per heavy atom. The summed E-state index contributed by atoms with van der Waals surface area (Å²) in [6, 6.07) is 0. The summed E-state index contributed by atoms with van der Waals surface area (Å²) in [5, 5.41) is 15.4. The molecule has 0 spiro atoms. The van der Waals surface area contributed by atoms with Crippen LogP contribution in [0.25, 0.3) is 0 Å². The summed E-state index contributed by atoms with van der Waals surface area (Å²) in [6.45, 7) is 0. The maximum absolute atomic E-state index is 7.69. The molecule has 0 aliphatic carbocycles. The fourth-order valence-corrected chi connectivity index (χ4v) is 0. The van der Waals surface area contributed by atoms with E-state index in [9.17, 15) is 0 Å². The van der Waals surface area contributed by atoms with Gasteiger partial charge in [-0.1, -0.05) is 0 Å². The van der Waals surface area contributed by atoms with Crippen molar-refractivity contribution in [3.05, 3.63) is 0 Å². The minimum Gasteiger partial charge on any atom is -0.402 e. The van der Waals surface area contributed by atoms with Crippen molar-refractivity contribution in [1.82, 2.24) is 0 Å². The van der Waals surface area contributed by atoms with Crippen molar-refractivity contribution in [2.24, 2.45) is 0 Å². The molecule has 0 aliphatic heterocycles. The van der Waals surface area contributed by atoms with E-state index < -0.39 is 7.32 Å². The number of hydrogen-bond acceptors (Lipinski definition) is 3. The molecule has 2 N–H and O–H groups in total. The summed E-state index contributed by atoms with van der Waals surface area (Å²) in [4.78, 5) is 0. The monoisotopic (exact) mass is 135 g/mol. The predicted molar refractivity (Wildman–Crippen MR) is 17.2 cm³/mol.